The molecular formula is C27H26ClN5O3S. The molecule has 4 aromatic rings. The molecule has 4 heterocycles. The van der Waals surface area contributed by atoms with Crippen LogP contribution >= 0.6 is 22.9 Å². The number of halogens is 1. The molecule has 1 aliphatic rings. The highest BCUT2D eigenvalue weighted by Gasteiger charge is 2.25. The molecule has 3 aromatic heterocycles. The second-order valence-corrected chi connectivity index (χ2v) is 10.5. The Kier molecular flexibility index (Phi) is 7.25. The highest BCUT2D eigenvalue weighted by atomic mass is 35.5. The van der Waals surface area contributed by atoms with E-state index >= 15 is 0 Å². The van der Waals surface area contributed by atoms with E-state index in [0.717, 1.165) is 29.8 Å². The van der Waals surface area contributed by atoms with Gasteiger partial charge in [0.2, 0.25) is 5.88 Å². The van der Waals surface area contributed by atoms with Crippen LogP contribution in [0.4, 0.5) is 5.69 Å². The van der Waals surface area contributed by atoms with Crippen molar-refractivity contribution in [2.45, 2.75) is 18.8 Å². The molecule has 5 rings (SSSR count). The average Bonchev–Trinajstić information content (AvgIpc) is 3.53. The van der Waals surface area contributed by atoms with Crippen molar-refractivity contribution >= 4 is 40.4 Å². The van der Waals surface area contributed by atoms with Gasteiger partial charge in [-0.3, -0.25) is 14.3 Å². The fourth-order valence-corrected chi connectivity index (χ4v) is 5.74. The predicted molar refractivity (Wildman–Crippen MR) is 145 cm³/mol. The number of nitrogens with zero attached hydrogens (tertiary/aromatic N) is 4. The van der Waals surface area contributed by atoms with Gasteiger partial charge in [-0.15, -0.1) is 11.3 Å². The molecule has 0 radical (unpaired) electrons. The Labute approximate surface area is 223 Å². The number of carbonyl (C=O) groups is 2. The average molecular weight is 536 g/mol. The Balaban J connectivity index is 1.17. The van der Waals surface area contributed by atoms with Crippen LogP contribution in [0.1, 0.15) is 44.4 Å². The normalized spacial score (nSPS) is 14.0. The Hall–Kier alpha value is -3.69. The smallest absolute Gasteiger partial charge is 0.265 e. The van der Waals surface area contributed by atoms with Gasteiger partial charge in [0.25, 0.3) is 11.8 Å². The van der Waals surface area contributed by atoms with Crippen molar-refractivity contribution in [3.8, 4) is 17.1 Å². The monoisotopic (exact) mass is 535 g/mol. The van der Waals surface area contributed by atoms with Crippen molar-refractivity contribution in [2.75, 3.05) is 25.5 Å². The summed E-state index contributed by atoms with van der Waals surface area (Å²) in [4.78, 5) is 32.2. The highest BCUT2D eigenvalue weighted by molar-refractivity contribution is 7.18. The second-order valence-electron chi connectivity index (χ2n) is 8.87. The lowest BCUT2D eigenvalue weighted by Gasteiger charge is -2.32. The molecule has 1 aliphatic heterocycles. The maximum atomic E-state index is 12.8. The number of anilines is 1. The molecular weight excluding hydrogens is 510 g/mol. The second kappa shape index (κ2) is 10.7. The first-order valence-electron chi connectivity index (χ1n) is 11.9. The van der Waals surface area contributed by atoms with E-state index in [1.54, 1.807) is 42.4 Å². The molecule has 1 fully saturated rings. The number of benzene rings is 1. The Bertz CT molecular complexity index is 1410. The van der Waals surface area contributed by atoms with E-state index in [2.05, 4.69) is 15.4 Å². The first-order valence-corrected chi connectivity index (χ1v) is 13.1. The van der Waals surface area contributed by atoms with E-state index in [-0.39, 0.29) is 11.8 Å². The van der Waals surface area contributed by atoms with Gasteiger partial charge in [0.05, 0.1) is 23.2 Å². The van der Waals surface area contributed by atoms with Crippen molar-refractivity contribution < 1.29 is 14.3 Å². The lowest BCUT2D eigenvalue weighted by atomic mass is 9.89. The quantitative estimate of drug-likeness (QED) is 0.353. The number of nitrogens with one attached hydrogen (secondary N) is 1. The number of pyridine rings is 1. The zero-order valence-corrected chi connectivity index (χ0v) is 22.1. The molecule has 0 unspecified atom stereocenters. The summed E-state index contributed by atoms with van der Waals surface area (Å²) < 4.78 is 7.35. The number of rotatable bonds is 6. The van der Waals surface area contributed by atoms with E-state index in [4.69, 9.17) is 16.3 Å². The summed E-state index contributed by atoms with van der Waals surface area (Å²) >= 11 is 7.65. The summed E-state index contributed by atoms with van der Waals surface area (Å²) in [7, 11) is 3.39. The summed E-state index contributed by atoms with van der Waals surface area (Å²) in [5, 5.41) is 7.13. The van der Waals surface area contributed by atoms with Gasteiger partial charge < -0.3 is 15.0 Å². The number of ether oxygens (including phenoxy) is 1. The van der Waals surface area contributed by atoms with Crippen LogP contribution in [0.3, 0.4) is 0 Å². The summed E-state index contributed by atoms with van der Waals surface area (Å²) in [6.45, 7) is 1.37. The molecule has 0 aliphatic carbocycles. The third-order valence-electron chi connectivity index (χ3n) is 6.62. The van der Waals surface area contributed by atoms with Crippen LogP contribution < -0.4 is 10.1 Å². The molecule has 8 nitrogen and oxygen atoms in total. The van der Waals surface area contributed by atoms with E-state index in [9.17, 15) is 9.59 Å². The number of thiophene rings is 1. The minimum atomic E-state index is -0.201. The molecule has 37 heavy (non-hydrogen) atoms. The molecule has 0 atom stereocenters. The molecule has 1 N–H and O–H groups in total. The zero-order valence-electron chi connectivity index (χ0n) is 20.5. The Morgan fingerprint density at radius 3 is 2.49 bits per heavy atom. The summed E-state index contributed by atoms with van der Waals surface area (Å²) in [6, 6.07) is 15.1. The van der Waals surface area contributed by atoms with Crippen LogP contribution in [0.25, 0.3) is 11.3 Å². The summed E-state index contributed by atoms with van der Waals surface area (Å²) in [6.07, 6.45) is 5.02. The number of aryl methyl sites for hydroxylation is 1. The van der Waals surface area contributed by atoms with Crippen molar-refractivity contribution in [1.29, 1.82) is 0 Å². The molecule has 0 bridgehead atoms. The topological polar surface area (TPSA) is 89.4 Å². The van der Waals surface area contributed by atoms with Crippen molar-refractivity contribution in [1.82, 2.24) is 19.7 Å². The molecule has 1 saturated heterocycles. The first-order chi connectivity index (χ1) is 17.9. The van der Waals surface area contributed by atoms with Gasteiger partial charge in [-0.05, 0) is 54.7 Å². The fourth-order valence-electron chi connectivity index (χ4n) is 4.55. The van der Waals surface area contributed by atoms with Gasteiger partial charge in [0.15, 0.2) is 0 Å². The van der Waals surface area contributed by atoms with Crippen molar-refractivity contribution in [3.05, 3.63) is 81.3 Å². The van der Waals surface area contributed by atoms with Gasteiger partial charge in [-0.1, -0.05) is 23.7 Å². The number of hydrogen-bond acceptors (Lipinski definition) is 6. The van der Waals surface area contributed by atoms with Gasteiger partial charge in [0, 0.05) is 49.8 Å². The largest absolute Gasteiger partial charge is 0.481 e. The molecule has 1 aromatic carbocycles. The van der Waals surface area contributed by atoms with Crippen molar-refractivity contribution in [2.24, 2.45) is 7.05 Å². The van der Waals surface area contributed by atoms with E-state index in [1.165, 1.54) is 16.9 Å². The Morgan fingerprint density at radius 1 is 1.11 bits per heavy atom. The van der Waals surface area contributed by atoms with E-state index in [0.29, 0.717) is 39.7 Å². The van der Waals surface area contributed by atoms with Crippen LogP contribution in [0, 0.1) is 0 Å². The van der Waals surface area contributed by atoms with Crippen molar-refractivity contribution in [3.63, 3.8) is 0 Å². The number of piperidine rings is 1. The standard InChI is InChI=1S/C27H26ClN5O3S/c1-32-22(9-12-30-32)21-15-23(37-25(21)28)26(34)31-20-6-3-17(4-7-20)18-10-13-33(14-11-18)27(35)19-5-8-24(36-2)29-16-19/h3-9,12,15-16,18H,10-11,13-14H2,1-2H3,(H,31,34). The van der Waals surface area contributed by atoms with Crippen LogP contribution in [0.5, 0.6) is 5.88 Å². The molecule has 10 heteroatoms. The maximum absolute atomic E-state index is 12.8. The number of aromatic nitrogens is 3. The zero-order chi connectivity index (χ0) is 25.9. The van der Waals surface area contributed by atoms with Crippen LogP contribution in [0.15, 0.2) is 60.9 Å². The molecule has 0 saturated carbocycles. The van der Waals surface area contributed by atoms with Gasteiger partial charge in [-0.2, -0.15) is 5.10 Å². The van der Waals surface area contributed by atoms with E-state index < -0.39 is 0 Å². The molecule has 0 spiro atoms. The van der Waals surface area contributed by atoms with Crippen LogP contribution in [0.2, 0.25) is 4.34 Å². The number of amides is 2. The Morgan fingerprint density at radius 2 is 1.86 bits per heavy atom. The SMILES string of the molecule is COc1ccc(C(=O)N2CCC(c3ccc(NC(=O)c4cc(-c5ccnn5C)c(Cl)s4)cc3)CC2)cn1. The third-order valence-corrected chi connectivity index (χ3v) is 7.98. The molecule has 190 valence electrons. The van der Waals surface area contributed by atoms with E-state index in [1.807, 2.05) is 42.3 Å². The van der Waals surface area contributed by atoms with Gasteiger partial charge >= 0.3 is 0 Å². The summed E-state index contributed by atoms with van der Waals surface area (Å²) in [5.41, 5.74) is 4.14. The lowest BCUT2D eigenvalue weighted by Crippen LogP contribution is -2.37. The van der Waals surface area contributed by atoms with Crippen LogP contribution in [-0.2, 0) is 7.05 Å². The lowest BCUT2D eigenvalue weighted by molar-refractivity contribution is 0.0712. The van der Waals surface area contributed by atoms with Gasteiger partial charge in [-0.25, -0.2) is 4.98 Å². The minimum Gasteiger partial charge on any atom is -0.481 e. The molecule has 2 amide bonds. The number of carbonyl (C=O) groups excluding carboxylic acids is 2. The first kappa shape index (κ1) is 25.0. The van der Waals surface area contributed by atoms with Crippen LogP contribution in [-0.4, -0.2) is 51.7 Å². The van der Waals surface area contributed by atoms with Gasteiger partial charge in [0.1, 0.15) is 4.34 Å². The number of methoxy groups -OCH3 is 1. The number of hydrogen-bond donors (Lipinski definition) is 1. The highest BCUT2D eigenvalue weighted by Crippen LogP contribution is 2.36. The minimum absolute atomic E-state index is 0.00751. The predicted octanol–water partition coefficient (Wildman–Crippen LogP) is 5.48. The maximum Gasteiger partial charge on any atom is 0.265 e. The number of likely N-dealkylation sites (tertiary alicyclic amines) is 1. The fraction of sp³-hybridized carbons (Fsp3) is 0.259. The third kappa shape index (κ3) is 5.38. The summed E-state index contributed by atoms with van der Waals surface area (Å²) in [5.74, 6) is 0.642.